The van der Waals surface area contributed by atoms with E-state index in [9.17, 15) is 4.79 Å². The average Bonchev–Trinajstić information content (AvgIpc) is 3.12. The smallest absolute Gasteiger partial charge is 0.205 e. The highest BCUT2D eigenvalue weighted by molar-refractivity contribution is 9.10. The van der Waals surface area contributed by atoms with Crippen LogP contribution in [0.3, 0.4) is 0 Å². The predicted octanol–water partition coefficient (Wildman–Crippen LogP) is 5.91. The average molecular weight is 520 g/mol. The van der Waals surface area contributed by atoms with Crippen molar-refractivity contribution >= 4 is 43.7 Å². The molecule has 0 amide bonds. The van der Waals surface area contributed by atoms with Crippen LogP contribution in [0.15, 0.2) is 63.7 Å². The molecular formula is C22H20Br2N2O3. The van der Waals surface area contributed by atoms with Gasteiger partial charge in [-0.2, -0.15) is 5.10 Å². The predicted molar refractivity (Wildman–Crippen MR) is 120 cm³/mol. The number of ether oxygens (including phenoxy) is 2. The molecule has 1 heterocycles. The summed E-state index contributed by atoms with van der Waals surface area (Å²) < 4.78 is 14.7. The highest BCUT2D eigenvalue weighted by atomic mass is 79.9. The summed E-state index contributed by atoms with van der Waals surface area (Å²) >= 11 is 6.80. The molecule has 0 spiro atoms. The number of aryl methyl sites for hydroxylation is 1. The molecular weight excluding hydrogens is 500 g/mol. The van der Waals surface area contributed by atoms with Crippen molar-refractivity contribution in [1.82, 2.24) is 9.78 Å². The van der Waals surface area contributed by atoms with E-state index in [4.69, 9.17) is 9.47 Å². The van der Waals surface area contributed by atoms with E-state index in [1.807, 2.05) is 49.4 Å². The fourth-order valence-corrected chi connectivity index (χ4v) is 3.56. The van der Waals surface area contributed by atoms with Gasteiger partial charge >= 0.3 is 0 Å². The summed E-state index contributed by atoms with van der Waals surface area (Å²) in [4.78, 5) is 12.6. The van der Waals surface area contributed by atoms with Gasteiger partial charge in [0.05, 0.1) is 17.8 Å². The lowest BCUT2D eigenvalue weighted by molar-refractivity contribution is 0.103. The van der Waals surface area contributed by atoms with Crippen molar-refractivity contribution < 1.29 is 14.3 Å². The minimum absolute atomic E-state index is 0.111. The van der Waals surface area contributed by atoms with Crippen molar-refractivity contribution in [1.29, 1.82) is 0 Å². The van der Waals surface area contributed by atoms with Crippen LogP contribution in [-0.2, 0) is 13.2 Å². The largest absolute Gasteiger partial charge is 0.496 e. The summed E-state index contributed by atoms with van der Waals surface area (Å²) in [5, 5.41) is 4.18. The molecule has 5 nitrogen and oxygen atoms in total. The number of aromatic nitrogens is 2. The van der Waals surface area contributed by atoms with E-state index in [0.29, 0.717) is 23.3 Å². The third-order valence-electron chi connectivity index (χ3n) is 4.27. The summed E-state index contributed by atoms with van der Waals surface area (Å²) in [5.74, 6) is 1.39. The molecule has 0 saturated heterocycles. The van der Waals surface area contributed by atoms with Crippen molar-refractivity contribution in [2.45, 2.75) is 20.1 Å². The van der Waals surface area contributed by atoms with Crippen LogP contribution in [0.4, 0.5) is 0 Å². The van der Waals surface area contributed by atoms with Crippen molar-refractivity contribution in [3.8, 4) is 11.5 Å². The molecule has 3 aromatic rings. The van der Waals surface area contributed by atoms with Crippen LogP contribution in [0.5, 0.6) is 11.5 Å². The first-order valence-corrected chi connectivity index (χ1v) is 10.6. The maximum Gasteiger partial charge on any atom is 0.205 e. The molecule has 7 heteroatoms. The van der Waals surface area contributed by atoms with Gasteiger partial charge in [-0.25, -0.2) is 0 Å². The van der Waals surface area contributed by atoms with Crippen molar-refractivity contribution in [2.75, 3.05) is 7.11 Å². The number of nitrogens with zero attached hydrogens (tertiary/aromatic N) is 2. The second kappa shape index (κ2) is 9.89. The SMILES string of the molecule is CCn1ncc(Br)c1C(=O)/C=C/c1ccc(OC)c(COc2ccc(Br)cc2)c1. The molecule has 0 aliphatic carbocycles. The molecule has 0 N–H and O–H groups in total. The zero-order valence-corrected chi connectivity index (χ0v) is 19.2. The lowest BCUT2D eigenvalue weighted by Gasteiger charge is -2.11. The van der Waals surface area contributed by atoms with E-state index in [1.165, 1.54) is 0 Å². The number of allylic oxidation sites excluding steroid dienone is 1. The molecule has 2 aromatic carbocycles. The number of halogens is 2. The normalized spacial score (nSPS) is 11.0. The first-order chi connectivity index (χ1) is 14.0. The Hall–Kier alpha value is -2.38. The van der Waals surface area contributed by atoms with Gasteiger partial charge in [0.25, 0.3) is 0 Å². The second-order valence-corrected chi connectivity index (χ2v) is 7.94. The van der Waals surface area contributed by atoms with Crippen molar-refractivity contribution in [2.24, 2.45) is 0 Å². The quantitative estimate of drug-likeness (QED) is 0.274. The van der Waals surface area contributed by atoms with Gasteiger partial charge in [0.2, 0.25) is 5.78 Å². The minimum Gasteiger partial charge on any atom is -0.496 e. The number of methoxy groups -OCH3 is 1. The molecule has 0 radical (unpaired) electrons. The van der Waals surface area contributed by atoms with Crippen LogP contribution in [0, 0.1) is 0 Å². The number of carbonyl (C=O) groups is 1. The Balaban J connectivity index is 1.77. The van der Waals surface area contributed by atoms with Gasteiger partial charge in [-0.1, -0.05) is 28.1 Å². The zero-order valence-electron chi connectivity index (χ0n) is 16.1. The van der Waals surface area contributed by atoms with Gasteiger partial charge < -0.3 is 9.47 Å². The summed E-state index contributed by atoms with van der Waals surface area (Å²) in [6, 6.07) is 13.4. The number of ketones is 1. The van der Waals surface area contributed by atoms with E-state index in [1.54, 1.807) is 30.1 Å². The van der Waals surface area contributed by atoms with E-state index < -0.39 is 0 Å². The lowest BCUT2D eigenvalue weighted by atomic mass is 10.1. The third-order valence-corrected chi connectivity index (χ3v) is 5.38. The Bertz CT molecular complexity index is 1030. The Morgan fingerprint density at radius 1 is 1.17 bits per heavy atom. The number of hydrogen-bond acceptors (Lipinski definition) is 4. The molecule has 29 heavy (non-hydrogen) atoms. The van der Waals surface area contributed by atoms with Gasteiger partial charge in [0, 0.05) is 16.6 Å². The Morgan fingerprint density at radius 3 is 2.62 bits per heavy atom. The van der Waals surface area contributed by atoms with Gasteiger partial charge in [-0.15, -0.1) is 0 Å². The van der Waals surface area contributed by atoms with Crippen molar-refractivity contribution in [3.63, 3.8) is 0 Å². The van der Waals surface area contributed by atoms with Crippen LogP contribution < -0.4 is 9.47 Å². The van der Waals surface area contributed by atoms with E-state index in [0.717, 1.165) is 27.1 Å². The van der Waals surface area contributed by atoms with Crippen LogP contribution in [0.25, 0.3) is 6.08 Å². The maximum absolute atomic E-state index is 12.6. The Morgan fingerprint density at radius 2 is 1.93 bits per heavy atom. The van der Waals surface area contributed by atoms with Gasteiger partial charge in [0.15, 0.2) is 0 Å². The fraction of sp³-hybridized carbons (Fsp3) is 0.182. The monoisotopic (exact) mass is 518 g/mol. The topological polar surface area (TPSA) is 53.4 Å². The molecule has 0 aliphatic rings. The molecule has 0 fully saturated rings. The van der Waals surface area contributed by atoms with Crippen LogP contribution in [-0.4, -0.2) is 22.7 Å². The summed E-state index contributed by atoms with van der Waals surface area (Å²) in [6.45, 7) is 2.93. The number of carbonyl (C=O) groups excluding carboxylic acids is 1. The summed E-state index contributed by atoms with van der Waals surface area (Å²) in [6.07, 6.45) is 4.97. The summed E-state index contributed by atoms with van der Waals surface area (Å²) in [7, 11) is 1.63. The maximum atomic E-state index is 12.6. The highest BCUT2D eigenvalue weighted by Gasteiger charge is 2.14. The first kappa shape index (κ1) is 21.3. The van der Waals surface area contributed by atoms with Gasteiger partial charge in [-0.05, 0) is 70.9 Å². The van der Waals surface area contributed by atoms with Crippen LogP contribution >= 0.6 is 31.9 Å². The lowest BCUT2D eigenvalue weighted by Crippen LogP contribution is -2.07. The van der Waals surface area contributed by atoms with Gasteiger partial charge in [-0.3, -0.25) is 9.48 Å². The zero-order chi connectivity index (χ0) is 20.8. The molecule has 3 rings (SSSR count). The molecule has 0 bridgehead atoms. The number of benzene rings is 2. The molecule has 0 aliphatic heterocycles. The molecule has 150 valence electrons. The number of hydrogen-bond donors (Lipinski definition) is 0. The van der Waals surface area contributed by atoms with Crippen LogP contribution in [0.1, 0.15) is 28.5 Å². The molecule has 0 atom stereocenters. The minimum atomic E-state index is -0.111. The van der Waals surface area contributed by atoms with E-state index >= 15 is 0 Å². The van der Waals surface area contributed by atoms with Crippen LogP contribution in [0.2, 0.25) is 0 Å². The second-order valence-electron chi connectivity index (χ2n) is 6.17. The van der Waals surface area contributed by atoms with Gasteiger partial charge in [0.1, 0.15) is 23.8 Å². The molecule has 0 unspecified atom stereocenters. The fourth-order valence-electron chi connectivity index (χ4n) is 2.80. The standard InChI is InChI=1S/C22H20Br2N2O3/c1-3-26-22(19(24)13-25-26)20(27)10-4-15-5-11-21(28-2)16(12-15)14-29-18-8-6-17(23)7-9-18/h4-13H,3,14H2,1-2H3/b10-4+. The Labute approximate surface area is 186 Å². The third kappa shape index (κ3) is 5.36. The highest BCUT2D eigenvalue weighted by Crippen LogP contribution is 2.24. The van der Waals surface area contributed by atoms with Crippen molar-refractivity contribution in [3.05, 3.63) is 80.5 Å². The van der Waals surface area contributed by atoms with E-state index in [2.05, 4.69) is 37.0 Å². The van der Waals surface area contributed by atoms with E-state index in [-0.39, 0.29) is 5.78 Å². The first-order valence-electron chi connectivity index (χ1n) is 9.00. The molecule has 0 saturated carbocycles. The Kier molecular flexibility index (Phi) is 7.28. The number of rotatable bonds is 8. The summed E-state index contributed by atoms with van der Waals surface area (Å²) in [5.41, 5.74) is 2.31. The molecule has 1 aromatic heterocycles.